The zero-order valence-electron chi connectivity index (χ0n) is 14.1. The lowest BCUT2D eigenvalue weighted by Crippen LogP contribution is -2.28. The Kier molecular flexibility index (Phi) is 4.95. The first-order chi connectivity index (χ1) is 12.0. The van der Waals surface area contributed by atoms with E-state index < -0.39 is 5.92 Å². The average molecular weight is 359 g/mol. The van der Waals surface area contributed by atoms with Crippen molar-refractivity contribution in [2.75, 3.05) is 23.9 Å². The first-order valence-corrected chi connectivity index (χ1v) is 8.38. The predicted octanol–water partition coefficient (Wildman–Crippen LogP) is 3.65. The summed E-state index contributed by atoms with van der Waals surface area (Å²) < 4.78 is 5.32. The molecule has 2 aromatic carbocycles. The van der Waals surface area contributed by atoms with Crippen molar-refractivity contribution in [3.8, 4) is 5.75 Å². The third-order valence-corrected chi connectivity index (χ3v) is 4.55. The minimum Gasteiger partial charge on any atom is -0.495 e. The van der Waals surface area contributed by atoms with Gasteiger partial charge in [0.25, 0.3) is 0 Å². The SMILES string of the molecule is COc1ccccc1N1CC(C(=O)Nc2ccc(Cl)cc2C)CC1=O. The molecule has 1 heterocycles. The predicted molar refractivity (Wildman–Crippen MR) is 98.3 cm³/mol. The number of nitrogens with zero attached hydrogens (tertiary/aromatic N) is 1. The highest BCUT2D eigenvalue weighted by molar-refractivity contribution is 6.30. The summed E-state index contributed by atoms with van der Waals surface area (Å²) in [6, 6.07) is 12.6. The third kappa shape index (κ3) is 3.61. The molecule has 5 nitrogen and oxygen atoms in total. The van der Waals surface area contributed by atoms with E-state index >= 15 is 0 Å². The molecule has 1 aliphatic rings. The van der Waals surface area contributed by atoms with Crippen LogP contribution in [0.4, 0.5) is 11.4 Å². The van der Waals surface area contributed by atoms with Crippen LogP contribution in [0, 0.1) is 12.8 Å². The summed E-state index contributed by atoms with van der Waals surface area (Å²) in [6.45, 7) is 2.21. The van der Waals surface area contributed by atoms with E-state index in [0.717, 1.165) is 5.56 Å². The fourth-order valence-electron chi connectivity index (χ4n) is 2.97. The molecule has 0 aliphatic carbocycles. The van der Waals surface area contributed by atoms with E-state index in [0.29, 0.717) is 28.7 Å². The lowest BCUT2D eigenvalue weighted by molar-refractivity contribution is -0.122. The van der Waals surface area contributed by atoms with Gasteiger partial charge in [-0.25, -0.2) is 0 Å². The number of benzene rings is 2. The molecule has 0 bridgehead atoms. The van der Waals surface area contributed by atoms with Crippen molar-refractivity contribution in [1.29, 1.82) is 0 Å². The Hall–Kier alpha value is -2.53. The average Bonchev–Trinajstić information content (AvgIpc) is 2.99. The molecule has 0 saturated carbocycles. The number of ether oxygens (including phenoxy) is 1. The number of anilines is 2. The summed E-state index contributed by atoms with van der Waals surface area (Å²) in [5.41, 5.74) is 2.28. The number of halogens is 1. The summed E-state index contributed by atoms with van der Waals surface area (Å²) in [5, 5.41) is 3.51. The van der Waals surface area contributed by atoms with E-state index in [1.165, 1.54) is 0 Å². The van der Waals surface area contributed by atoms with E-state index in [-0.39, 0.29) is 18.2 Å². The molecule has 2 amide bonds. The molecule has 130 valence electrons. The van der Waals surface area contributed by atoms with E-state index in [2.05, 4.69) is 5.32 Å². The summed E-state index contributed by atoms with van der Waals surface area (Å²) >= 11 is 5.94. The number of nitrogens with one attached hydrogen (secondary N) is 1. The van der Waals surface area contributed by atoms with Crippen LogP contribution in [-0.4, -0.2) is 25.5 Å². The quantitative estimate of drug-likeness (QED) is 0.907. The maximum Gasteiger partial charge on any atom is 0.229 e. The normalized spacial score (nSPS) is 16.8. The first-order valence-electron chi connectivity index (χ1n) is 8.00. The monoisotopic (exact) mass is 358 g/mol. The van der Waals surface area contributed by atoms with Crippen LogP contribution in [0.15, 0.2) is 42.5 Å². The Morgan fingerprint density at radius 1 is 1.28 bits per heavy atom. The van der Waals surface area contributed by atoms with Crippen molar-refractivity contribution in [3.63, 3.8) is 0 Å². The second-order valence-corrected chi connectivity index (χ2v) is 6.46. The van der Waals surface area contributed by atoms with E-state index in [1.54, 1.807) is 36.3 Å². The van der Waals surface area contributed by atoms with E-state index in [1.807, 2.05) is 25.1 Å². The molecule has 6 heteroatoms. The number of aryl methyl sites for hydroxylation is 1. The molecular formula is C19H19ClN2O3. The molecule has 0 aromatic heterocycles. The molecule has 0 radical (unpaired) electrons. The number of hydrogen-bond acceptors (Lipinski definition) is 3. The lowest BCUT2D eigenvalue weighted by atomic mass is 10.1. The van der Waals surface area contributed by atoms with Gasteiger partial charge in [-0.15, -0.1) is 0 Å². The summed E-state index contributed by atoms with van der Waals surface area (Å²) in [6.07, 6.45) is 0.177. The Morgan fingerprint density at radius 3 is 2.76 bits per heavy atom. The molecule has 1 fully saturated rings. The zero-order chi connectivity index (χ0) is 18.0. The highest BCUT2D eigenvalue weighted by atomic mass is 35.5. The van der Waals surface area contributed by atoms with Crippen LogP contribution in [0.25, 0.3) is 0 Å². The van der Waals surface area contributed by atoms with Gasteiger partial charge >= 0.3 is 0 Å². The first kappa shape index (κ1) is 17.3. The molecule has 0 spiro atoms. The van der Waals surface area contributed by atoms with Gasteiger partial charge in [-0.3, -0.25) is 9.59 Å². The Labute approximate surface area is 151 Å². The molecule has 1 saturated heterocycles. The van der Waals surface area contributed by atoms with Crippen molar-refractivity contribution >= 4 is 34.8 Å². The van der Waals surface area contributed by atoms with Gasteiger partial charge in [0.1, 0.15) is 5.75 Å². The van der Waals surface area contributed by atoms with E-state index in [9.17, 15) is 9.59 Å². The van der Waals surface area contributed by atoms with Crippen molar-refractivity contribution in [1.82, 2.24) is 0 Å². The summed E-state index contributed by atoms with van der Waals surface area (Å²) in [4.78, 5) is 26.6. The molecule has 1 atom stereocenters. The standard InChI is InChI=1S/C19H19ClN2O3/c1-12-9-14(20)7-8-15(12)21-19(24)13-10-18(23)22(11-13)16-5-3-4-6-17(16)25-2/h3-9,13H,10-11H2,1-2H3,(H,21,24). The summed E-state index contributed by atoms with van der Waals surface area (Å²) in [7, 11) is 1.56. The number of carbonyl (C=O) groups excluding carboxylic acids is 2. The van der Waals surface area contributed by atoms with Crippen LogP contribution in [0.1, 0.15) is 12.0 Å². The molecule has 25 heavy (non-hydrogen) atoms. The van der Waals surface area contributed by atoms with Crippen LogP contribution in [0.2, 0.25) is 5.02 Å². The van der Waals surface area contributed by atoms with Crippen LogP contribution in [-0.2, 0) is 9.59 Å². The highest BCUT2D eigenvalue weighted by Gasteiger charge is 2.36. The Bertz CT molecular complexity index is 822. The minimum absolute atomic E-state index is 0.0857. The highest BCUT2D eigenvalue weighted by Crippen LogP contribution is 2.33. The van der Waals surface area contributed by atoms with Crippen LogP contribution in [0.3, 0.4) is 0 Å². The minimum atomic E-state index is -0.410. The van der Waals surface area contributed by atoms with Gasteiger partial charge in [0.2, 0.25) is 11.8 Å². The fourth-order valence-corrected chi connectivity index (χ4v) is 3.20. The van der Waals surface area contributed by atoms with E-state index in [4.69, 9.17) is 16.3 Å². The molecule has 1 aliphatic heterocycles. The van der Waals surface area contributed by atoms with Crippen LogP contribution in [0.5, 0.6) is 5.75 Å². The number of hydrogen-bond donors (Lipinski definition) is 1. The number of rotatable bonds is 4. The Morgan fingerprint density at radius 2 is 2.04 bits per heavy atom. The van der Waals surface area contributed by atoms with Crippen molar-refractivity contribution in [2.24, 2.45) is 5.92 Å². The number of para-hydroxylation sites is 2. The topological polar surface area (TPSA) is 58.6 Å². The molecule has 2 aromatic rings. The van der Waals surface area contributed by atoms with Gasteiger partial charge in [-0.1, -0.05) is 23.7 Å². The van der Waals surface area contributed by atoms with Crippen LogP contribution < -0.4 is 15.0 Å². The number of amides is 2. The molecule has 1 N–H and O–H groups in total. The zero-order valence-corrected chi connectivity index (χ0v) is 14.8. The smallest absolute Gasteiger partial charge is 0.229 e. The lowest BCUT2D eigenvalue weighted by Gasteiger charge is -2.19. The van der Waals surface area contributed by atoms with Gasteiger partial charge < -0.3 is 15.0 Å². The van der Waals surface area contributed by atoms with Crippen molar-refractivity contribution in [3.05, 3.63) is 53.1 Å². The molecule has 1 unspecified atom stereocenters. The second kappa shape index (κ2) is 7.15. The van der Waals surface area contributed by atoms with Gasteiger partial charge in [-0.05, 0) is 42.8 Å². The van der Waals surface area contributed by atoms with Crippen LogP contribution >= 0.6 is 11.6 Å². The Balaban J connectivity index is 1.74. The van der Waals surface area contributed by atoms with Gasteiger partial charge in [0, 0.05) is 23.7 Å². The maximum absolute atomic E-state index is 12.6. The second-order valence-electron chi connectivity index (χ2n) is 6.03. The maximum atomic E-state index is 12.6. The summed E-state index contributed by atoms with van der Waals surface area (Å²) in [5.74, 6) is -0.0495. The number of methoxy groups -OCH3 is 1. The van der Waals surface area contributed by atoms with Gasteiger partial charge in [-0.2, -0.15) is 0 Å². The fraction of sp³-hybridized carbons (Fsp3) is 0.263. The largest absolute Gasteiger partial charge is 0.495 e. The molecular weight excluding hydrogens is 340 g/mol. The van der Waals surface area contributed by atoms with Gasteiger partial charge in [0.15, 0.2) is 0 Å². The third-order valence-electron chi connectivity index (χ3n) is 4.32. The van der Waals surface area contributed by atoms with Crippen molar-refractivity contribution < 1.29 is 14.3 Å². The molecule has 3 rings (SSSR count). The number of carbonyl (C=O) groups is 2. The van der Waals surface area contributed by atoms with Gasteiger partial charge in [0.05, 0.1) is 18.7 Å². The van der Waals surface area contributed by atoms with Crippen molar-refractivity contribution in [2.45, 2.75) is 13.3 Å².